The quantitative estimate of drug-likeness (QED) is 0.595. The summed E-state index contributed by atoms with van der Waals surface area (Å²) in [5.74, 6) is -0.934. The van der Waals surface area contributed by atoms with Gasteiger partial charge in [0.25, 0.3) is 5.91 Å². The van der Waals surface area contributed by atoms with Crippen molar-refractivity contribution in [3.63, 3.8) is 0 Å². The van der Waals surface area contributed by atoms with Crippen LogP contribution >= 0.6 is 11.6 Å². The summed E-state index contributed by atoms with van der Waals surface area (Å²) in [6.45, 7) is 9.38. The van der Waals surface area contributed by atoms with E-state index >= 15 is 0 Å². The Morgan fingerprint density at radius 2 is 2.00 bits per heavy atom. The number of aromatic nitrogens is 1. The van der Waals surface area contributed by atoms with Gasteiger partial charge in [-0.25, -0.2) is 19.1 Å². The number of ether oxygens (including phenoxy) is 1. The number of hydrogen-bond donors (Lipinski definition) is 0. The van der Waals surface area contributed by atoms with Crippen molar-refractivity contribution in [2.75, 3.05) is 6.54 Å². The fourth-order valence-corrected chi connectivity index (χ4v) is 4.09. The van der Waals surface area contributed by atoms with Crippen molar-refractivity contribution < 1.29 is 18.7 Å². The maximum atomic E-state index is 14.8. The van der Waals surface area contributed by atoms with Crippen LogP contribution in [-0.2, 0) is 16.0 Å². The van der Waals surface area contributed by atoms with Gasteiger partial charge in [-0.2, -0.15) is 0 Å². The molecule has 7 heteroatoms. The number of carbonyl (C=O) groups is 2. The molecule has 156 valence electrons. The molecule has 0 saturated heterocycles. The molecule has 2 aliphatic rings. The molecular formula is C22H26ClFN2O3. The third kappa shape index (κ3) is 4.08. The number of rotatable bonds is 2. The molecule has 1 aliphatic carbocycles. The molecule has 29 heavy (non-hydrogen) atoms. The first kappa shape index (κ1) is 21.5. The van der Waals surface area contributed by atoms with Gasteiger partial charge in [0.1, 0.15) is 5.60 Å². The van der Waals surface area contributed by atoms with Gasteiger partial charge in [0.15, 0.2) is 11.0 Å². The smallest absolute Gasteiger partial charge is 0.417 e. The normalized spacial score (nSPS) is 17.6. The number of hydrogen-bond acceptors (Lipinski definition) is 4. The highest BCUT2D eigenvalue weighted by molar-refractivity contribution is 6.29. The number of carbonyl (C=O) groups excluding carboxylic acids is 2. The average Bonchev–Trinajstić information content (AvgIpc) is 2.63. The average molecular weight is 421 g/mol. The van der Waals surface area contributed by atoms with E-state index < -0.39 is 17.5 Å². The summed E-state index contributed by atoms with van der Waals surface area (Å²) >= 11 is 5.93. The number of aryl methyl sites for hydroxylation is 1. The van der Waals surface area contributed by atoms with Gasteiger partial charge in [0.2, 0.25) is 0 Å². The molecule has 0 bridgehead atoms. The number of pyridine rings is 1. The van der Waals surface area contributed by atoms with Crippen molar-refractivity contribution in [1.82, 2.24) is 9.88 Å². The molecule has 0 radical (unpaired) electrons. The first-order valence-electron chi connectivity index (χ1n) is 9.85. The summed E-state index contributed by atoms with van der Waals surface area (Å²) < 4.78 is 20.2. The first-order valence-corrected chi connectivity index (χ1v) is 10.2. The number of amides is 2. The maximum absolute atomic E-state index is 14.8. The molecular weight excluding hydrogens is 395 g/mol. The van der Waals surface area contributed by atoms with E-state index in [1.54, 1.807) is 27.0 Å². The van der Waals surface area contributed by atoms with Crippen LogP contribution in [0.1, 0.15) is 65.0 Å². The number of allylic oxidation sites excluding steroid dienone is 1. The second-order valence-electron chi connectivity index (χ2n) is 8.42. The van der Waals surface area contributed by atoms with E-state index in [1.165, 1.54) is 0 Å². The molecule has 5 nitrogen and oxygen atoms in total. The molecule has 0 saturated carbocycles. The predicted molar refractivity (Wildman–Crippen MR) is 110 cm³/mol. The van der Waals surface area contributed by atoms with Crippen molar-refractivity contribution in [3.05, 3.63) is 45.0 Å². The van der Waals surface area contributed by atoms with E-state index in [1.807, 2.05) is 13.8 Å². The molecule has 1 aromatic heterocycles. The Morgan fingerprint density at radius 3 is 2.62 bits per heavy atom. The molecule has 2 amide bonds. The lowest BCUT2D eigenvalue weighted by Gasteiger charge is -2.33. The molecule has 0 fully saturated rings. The van der Waals surface area contributed by atoms with E-state index in [9.17, 15) is 14.0 Å². The Kier molecular flexibility index (Phi) is 5.86. The highest BCUT2D eigenvalue weighted by atomic mass is 35.5. The summed E-state index contributed by atoms with van der Waals surface area (Å²) in [7, 11) is 0. The molecule has 2 heterocycles. The van der Waals surface area contributed by atoms with Crippen LogP contribution < -0.4 is 0 Å². The molecule has 0 atom stereocenters. The Morgan fingerprint density at radius 1 is 1.31 bits per heavy atom. The van der Waals surface area contributed by atoms with Gasteiger partial charge in [0, 0.05) is 23.9 Å². The van der Waals surface area contributed by atoms with E-state index in [0.29, 0.717) is 36.8 Å². The topological polar surface area (TPSA) is 59.5 Å². The standard InChI is InChI=1S/C22H26ClFN2O3/c1-6-14-15(8-7-13-11-25-19(23)18(24)17(13)14)16-12(2)9-10-26(20(16)27)21(28)29-22(3,4)5/h11H,6-10H2,1-5H3. The van der Waals surface area contributed by atoms with Crippen LogP contribution in [0.25, 0.3) is 5.57 Å². The predicted octanol–water partition coefficient (Wildman–Crippen LogP) is 5.47. The largest absolute Gasteiger partial charge is 0.443 e. The minimum Gasteiger partial charge on any atom is -0.443 e. The van der Waals surface area contributed by atoms with E-state index in [-0.39, 0.29) is 17.6 Å². The van der Waals surface area contributed by atoms with Gasteiger partial charge in [0.05, 0.1) is 0 Å². The SMILES string of the molecule is CCC1=C(C2=C(C)CCN(C(=O)OC(C)(C)C)C2=O)CCc2cnc(Cl)c(F)c21. The zero-order valence-electron chi connectivity index (χ0n) is 17.5. The third-order valence-corrected chi connectivity index (χ3v) is 5.49. The maximum Gasteiger partial charge on any atom is 0.417 e. The summed E-state index contributed by atoms with van der Waals surface area (Å²) in [5.41, 5.74) is 3.47. The molecule has 1 aliphatic heterocycles. The lowest BCUT2D eigenvalue weighted by Crippen LogP contribution is -2.44. The Bertz CT molecular complexity index is 944. The summed E-state index contributed by atoms with van der Waals surface area (Å²) in [6, 6.07) is 0. The second kappa shape index (κ2) is 7.90. The van der Waals surface area contributed by atoms with Crippen molar-refractivity contribution in [1.29, 1.82) is 0 Å². The Labute approximate surface area is 175 Å². The zero-order valence-corrected chi connectivity index (χ0v) is 18.2. The van der Waals surface area contributed by atoms with Crippen LogP contribution in [0.3, 0.4) is 0 Å². The van der Waals surface area contributed by atoms with Crippen LogP contribution in [0.2, 0.25) is 5.15 Å². The van der Waals surface area contributed by atoms with Crippen LogP contribution in [-0.4, -0.2) is 34.0 Å². The van der Waals surface area contributed by atoms with E-state index in [4.69, 9.17) is 16.3 Å². The molecule has 3 rings (SSSR count). The van der Waals surface area contributed by atoms with E-state index in [2.05, 4.69) is 4.98 Å². The fraction of sp³-hybridized carbons (Fsp3) is 0.500. The monoisotopic (exact) mass is 420 g/mol. The lowest BCUT2D eigenvalue weighted by atomic mass is 9.79. The van der Waals surface area contributed by atoms with Crippen LogP contribution in [0.15, 0.2) is 22.9 Å². The highest BCUT2D eigenvalue weighted by Gasteiger charge is 2.36. The fourth-order valence-electron chi connectivity index (χ4n) is 3.94. The summed E-state index contributed by atoms with van der Waals surface area (Å²) in [6.07, 6.45) is 3.19. The van der Waals surface area contributed by atoms with E-state index in [0.717, 1.165) is 27.2 Å². The highest BCUT2D eigenvalue weighted by Crippen LogP contribution is 2.41. The Balaban J connectivity index is 2.08. The van der Waals surface area contributed by atoms with Crippen molar-refractivity contribution in [2.45, 2.75) is 65.9 Å². The minimum absolute atomic E-state index is 0.174. The lowest BCUT2D eigenvalue weighted by molar-refractivity contribution is -0.126. The second-order valence-corrected chi connectivity index (χ2v) is 8.77. The van der Waals surface area contributed by atoms with Crippen LogP contribution in [0.5, 0.6) is 0 Å². The van der Waals surface area contributed by atoms with Gasteiger partial charge >= 0.3 is 6.09 Å². The zero-order chi connectivity index (χ0) is 21.5. The van der Waals surface area contributed by atoms with Crippen molar-refractivity contribution in [3.8, 4) is 0 Å². The number of nitrogens with zero attached hydrogens (tertiary/aromatic N) is 2. The third-order valence-electron chi connectivity index (χ3n) is 5.23. The van der Waals surface area contributed by atoms with Gasteiger partial charge in [-0.05, 0) is 70.1 Å². The first-order chi connectivity index (χ1) is 13.5. The molecule has 0 spiro atoms. The van der Waals surface area contributed by atoms with Crippen molar-refractivity contribution >= 4 is 29.2 Å². The summed E-state index contributed by atoms with van der Waals surface area (Å²) in [5, 5.41) is -0.174. The number of fused-ring (bicyclic) bond motifs is 1. The Hall–Kier alpha value is -2.21. The van der Waals surface area contributed by atoms with Crippen LogP contribution in [0, 0.1) is 5.82 Å². The summed E-state index contributed by atoms with van der Waals surface area (Å²) in [4.78, 5) is 30.9. The molecule has 0 N–H and O–H groups in total. The van der Waals surface area contributed by atoms with Crippen LogP contribution in [0.4, 0.5) is 9.18 Å². The van der Waals surface area contributed by atoms with Gasteiger partial charge in [-0.15, -0.1) is 0 Å². The van der Waals surface area contributed by atoms with Crippen molar-refractivity contribution in [2.24, 2.45) is 0 Å². The molecule has 1 aromatic rings. The van der Waals surface area contributed by atoms with Gasteiger partial charge < -0.3 is 4.74 Å². The molecule has 0 aromatic carbocycles. The van der Waals surface area contributed by atoms with Gasteiger partial charge in [-0.1, -0.05) is 24.1 Å². The number of imide groups is 1. The number of halogens is 2. The minimum atomic E-state index is -0.696. The molecule has 0 unspecified atom stereocenters. The van der Waals surface area contributed by atoms with Gasteiger partial charge in [-0.3, -0.25) is 4.79 Å².